The topological polar surface area (TPSA) is 50.5 Å². The van der Waals surface area contributed by atoms with E-state index in [-0.39, 0.29) is 11.9 Å². The molecule has 4 rings (SSSR count). The number of thiazole rings is 2. The number of rotatable bonds is 6. The highest BCUT2D eigenvalue weighted by molar-refractivity contribution is 7.18. The molecule has 5 nitrogen and oxygen atoms in total. The summed E-state index contributed by atoms with van der Waals surface area (Å²) in [6.45, 7) is 3.10. The van der Waals surface area contributed by atoms with E-state index in [1.54, 1.807) is 27.6 Å². The van der Waals surface area contributed by atoms with Crippen molar-refractivity contribution in [2.24, 2.45) is 0 Å². The second-order valence-electron chi connectivity index (χ2n) is 7.09. The molecule has 0 aliphatic carbocycles. The summed E-state index contributed by atoms with van der Waals surface area (Å²) in [5, 5.41) is 2.04. The highest BCUT2D eigenvalue weighted by Gasteiger charge is 2.24. The smallest absolute Gasteiger partial charge is 0.277 e. The quantitative estimate of drug-likeness (QED) is 0.530. The van der Waals surface area contributed by atoms with Crippen LogP contribution in [0, 0.1) is 0 Å². The Morgan fingerprint density at radius 2 is 1.64 bits per heavy atom. The van der Waals surface area contributed by atoms with Crippen LogP contribution in [0.2, 0.25) is 0 Å². The highest BCUT2D eigenvalue weighted by Crippen LogP contribution is 2.25. The zero-order chi connectivity index (χ0) is 19.7. The monoisotopic (exact) mass is 411 g/mol. The van der Waals surface area contributed by atoms with E-state index < -0.39 is 0 Å². The normalized spacial score (nSPS) is 13.7. The molecule has 28 heavy (non-hydrogen) atoms. The molecule has 144 valence electrons. The van der Waals surface area contributed by atoms with Gasteiger partial charge in [0.1, 0.15) is 11.0 Å². The Morgan fingerprint density at radius 3 is 2.29 bits per heavy atom. The van der Waals surface area contributed by atoms with Gasteiger partial charge in [-0.05, 0) is 31.2 Å². The summed E-state index contributed by atoms with van der Waals surface area (Å²) >= 11 is 3.36. The molecule has 2 heterocycles. The molecule has 7 heteroatoms. The van der Waals surface area contributed by atoms with Crippen molar-refractivity contribution in [1.29, 1.82) is 0 Å². The first-order chi connectivity index (χ1) is 13.5. The second-order valence-corrected chi connectivity index (χ2v) is 9.27. The number of benzene rings is 2. The fourth-order valence-corrected chi connectivity index (χ4v) is 5.22. The lowest BCUT2D eigenvalue weighted by Crippen LogP contribution is -3.10. The Hall–Kier alpha value is -2.35. The van der Waals surface area contributed by atoms with Gasteiger partial charge in [0.25, 0.3) is 5.91 Å². The number of hydrogen-bond donors (Lipinski definition) is 1. The van der Waals surface area contributed by atoms with Gasteiger partial charge in [0.2, 0.25) is 0 Å². The number of nitrogens with one attached hydrogen (secondary N) is 1. The van der Waals surface area contributed by atoms with Crippen LogP contribution >= 0.6 is 22.7 Å². The van der Waals surface area contributed by atoms with E-state index in [1.165, 1.54) is 4.70 Å². The lowest BCUT2D eigenvalue weighted by molar-refractivity contribution is -0.902. The highest BCUT2D eigenvalue weighted by atomic mass is 32.1. The molecule has 1 unspecified atom stereocenters. The van der Waals surface area contributed by atoms with E-state index >= 15 is 0 Å². The minimum atomic E-state index is 0.115. The van der Waals surface area contributed by atoms with E-state index in [0.717, 1.165) is 30.6 Å². The third-order valence-electron chi connectivity index (χ3n) is 4.99. The number of carbonyl (C=O) groups excluding carboxylic acids is 1. The summed E-state index contributed by atoms with van der Waals surface area (Å²) in [6.07, 6.45) is 0. The minimum absolute atomic E-state index is 0.115. The van der Waals surface area contributed by atoms with Gasteiger partial charge in [-0.2, -0.15) is 0 Å². The summed E-state index contributed by atoms with van der Waals surface area (Å²) in [4.78, 5) is 25.0. The molecule has 2 aromatic heterocycles. The van der Waals surface area contributed by atoms with Crippen LogP contribution in [0.3, 0.4) is 0 Å². The van der Waals surface area contributed by atoms with E-state index in [4.69, 9.17) is 4.98 Å². The predicted molar refractivity (Wildman–Crippen MR) is 116 cm³/mol. The maximum atomic E-state index is 12.7. The molecule has 1 N–H and O–H groups in total. The summed E-state index contributed by atoms with van der Waals surface area (Å²) in [5.74, 6) is 0.115. The Morgan fingerprint density at radius 1 is 1.04 bits per heavy atom. The molecule has 1 amide bonds. The van der Waals surface area contributed by atoms with Crippen molar-refractivity contribution in [3.8, 4) is 0 Å². The number of aromatic nitrogens is 2. The lowest BCUT2D eigenvalue weighted by atomic mass is 10.3. The van der Waals surface area contributed by atoms with Crippen LogP contribution in [0.25, 0.3) is 20.4 Å². The second kappa shape index (κ2) is 7.95. The van der Waals surface area contributed by atoms with E-state index in [2.05, 4.69) is 31.1 Å². The Bertz CT molecular complexity index is 1050. The number of quaternary nitrogens is 1. The maximum Gasteiger partial charge on any atom is 0.277 e. The van der Waals surface area contributed by atoms with Crippen molar-refractivity contribution in [2.45, 2.75) is 19.5 Å². The third-order valence-corrected chi connectivity index (χ3v) is 7.23. The van der Waals surface area contributed by atoms with E-state index in [0.29, 0.717) is 13.1 Å². The molecular weight excluding hydrogens is 388 g/mol. The molecule has 0 fully saturated rings. The fourth-order valence-electron chi connectivity index (χ4n) is 3.09. The zero-order valence-electron chi connectivity index (χ0n) is 16.2. The molecule has 0 radical (unpaired) electrons. The van der Waals surface area contributed by atoms with E-state index in [1.807, 2.05) is 43.4 Å². The van der Waals surface area contributed by atoms with Crippen molar-refractivity contribution in [2.75, 3.05) is 20.6 Å². The van der Waals surface area contributed by atoms with Gasteiger partial charge in [-0.3, -0.25) is 4.79 Å². The molecular formula is C21H23N4OS2+. The summed E-state index contributed by atoms with van der Waals surface area (Å²) in [5.41, 5.74) is 2.02. The largest absolute Gasteiger partial charge is 0.334 e. The van der Waals surface area contributed by atoms with Gasteiger partial charge in [0.05, 0.1) is 34.0 Å². The van der Waals surface area contributed by atoms with Crippen LogP contribution in [-0.2, 0) is 11.3 Å². The molecule has 0 aliphatic heterocycles. The van der Waals surface area contributed by atoms with Crippen LogP contribution in [-0.4, -0.2) is 41.4 Å². The first kappa shape index (κ1) is 19.0. The van der Waals surface area contributed by atoms with Crippen molar-refractivity contribution in [3.63, 3.8) is 0 Å². The molecule has 0 aliphatic rings. The average Bonchev–Trinajstić information content (AvgIpc) is 3.30. The van der Waals surface area contributed by atoms with Gasteiger partial charge < -0.3 is 9.80 Å². The predicted octanol–water partition coefficient (Wildman–Crippen LogP) is 3.14. The van der Waals surface area contributed by atoms with Gasteiger partial charge in [0, 0.05) is 7.05 Å². The van der Waals surface area contributed by atoms with Crippen LogP contribution in [0.1, 0.15) is 23.0 Å². The maximum absolute atomic E-state index is 12.7. The van der Waals surface area contributed by atoms with Crippen molar-refractivity contribution < 1.29 is 9.69 Å². The summed E-state index contributed by atoms with van der Waals surface area (Å²) in [6, 6.07) is 16.4. The Kier molecular flexibility index (Phi) is 5.39. The van der Waals surface area contributed by atoms with Crippen molar-refractivity contribution in [1.82, 2.24) is 14.9 Å². The van der Waals surface area contributed by atoms with Gasteiger partial charge in [-0.15, -0.1) is 22.7 Å². The first-order valence-corrected chi connectivity index (χ1v) is 10.9. The molecule has 2 atom stereocenters. The number of fused-ring (bicyclic) bond motifs is 2. The lowest BCUT2D eigenvalue weighted by Gasteiger charge is -2.22. The Labute approximate surface area is 172 Å². The van der Waals surface area contributed by atoms with Crippen molar-refractivity contribution >= 4 is 49.0 Å². The van der Waals surface area contributed by atoms with Crippen LogP contribution in [0.4, 0.5) is 0 Å². The van der Waals surface area contributed by atoms with Gasteiger partial charge in [-0.1, -0.05) is 24.3 Å². The zero-order valence-corrected chi connectivity index (χ0v) is 17.8. The van der Waals surface area contributed by atoms with Crippen LogP contribution in [0.15, 0.2) is 48.5 Å². The molecule has 2 aromatic carbocycles. The number of amides is 1. The van der Waals surface area contributed by atoms with Gasteiger partial charge in [-0.25, -0.2) is 9.97 Å². The summed E-state index contributed by atoms with van der Waals surface area (Å²) < 4.78 is 2.35. The number of hydrogen-bond acceptors (Lipinski definition) is 5. The molecule has 0 saturated carbocycles. The first-order valence-electron chi connectivity index (χ1n) is 9.27. The fraction of sp³-hybridized carbons (Fsp3) is 0.286. The number of likely N-dealkylation sites (N-methyl/N-ethyl adjacent to an activating group) is 2. The van der Waals surface area contributed by atoms with Crippen LogP contribution < -0.4 is 4.90 Å². The molecule has 0 bridgehead atoms. The third kappa shape index (κ3) is 3.92. The summed E-state index contributed by atoms with van der Waals surface area (Å²) in [7, 11) is 3.91. The van der Waals surface area contributed by atoms with Crippen LogP contribution in [0.5, 0.6) is 0 Å². The number of nitrogens with zero attached hydrogens (tertiary/aromatic N) is 3. The minimum Gasteiger partial charge on any atom is -0.334 e. The van der Waals surface area contributed by atoms with Gasteiger partial charge in [0.15, 0.2) is 11.6 Å². The van der Waals surface area contributed by atoms with E-state index in [9.17, 15) is 4.79 Å². The number of carbonyl (C=O) groups is 1. The Balaban J connectivity index is 1.39. The standard InChI is InChI=1S/C21H22N4OS2/c1-14(21-23-16-9-5-7-11-18(16)28-21)24(2)13-20(26)25(3)12-19-22-15-8-4-6-10-17(15)27-19/h4-11,14H,12-13H2,1-3H3/p+1/t14-/m0/s1. The molecule has 0 saturated heterocycles. The van der Waals surface area contributed by atoms with Crippen molar-refractivity contribution in [3.05, 3.63) is 58.5 Å². The molecule has 4 aromatic rings. The van der Waals surface area contributed by atoms with Gasteiger partial charge >= 0.3 is 0 Å². The average molecular weight is 412 g/mol. The number of para-hydroxylation sites is 2. The molecule has 0 spiro atoms. The SMILES string of the molecule is C[C@@H](c1nc2ccccc2s1)[NH+](C)CC(=O)N(C)Cc1nc2ccccc2s1.